The Hall–Kier alpha value is -4.07. The summed E-state index contributed by atoms with van der Waals surface area (Å²) in [5.41, 5.74) is 10.1. The van der Waals surface area contributed by atoms with Crippen molar-refractivity contribution in [1.82, 2.24) is 30.0 Å². The molecule has 0 radical (unpaired) electrons. The van der Waals surface area contributed by atoms with E-state index in [4.69, 9.17) is 4.98 Å². The maximum atomic E-state index is 5.07. The number of likely N-dealkylation sites (tertiary alicyclic amines) is 1. The Kier molecular flexibility index (Phi) is 6.54. The molecule has 1 aromatic carbocycles. The third-order valence-corrected chi connectivity index (χ3v) is 9.13. The summed E-state index contributed by atoms with van der Waals surface area (Å²) in [5, 5.41) is 9.02. The summed E-state index contributed by atoms with van der Waals surface area (Å²) in [4.78, 5) is 18.2. The molecular formula is C33H32N6S. The average Bonchev–Trinajstić information content (AvgIpc) is 3.78. The van der Waals surface area contributed by atoms with Gasteiger partial charge < -0.3 is 9.88 Å². The van der Waals surface area contributed by atoms with Crippen molar-refractivity contribution >= 4 is 38.8 Å². The van der Waals surface area contributed by atoms with E-state index < -0.39 is 0 Å². The van der Waals surface area contributed by atoms with Gasteiger partial charge in [-0.2, -0.15) is 5.10 Å². The molecule has 6 heterocycles. The van der Waals surface area contributed by atoms with Crippen LogP contribution in [0, 0.1) is 0 Å². The van der Waals surface area contributed by atoms with E-state index in [1.165, 1.54) is 58.7 Å². The van der Waals surface area contributed by atoms with Crippen molar-refractivity contribution in [2.75, 3.05) is 19.6 Å². The van der Waals surface area contributed by atoms with Crippen LogP contribution in [0.1, 0.15) is 36.6 Å². The van der Waals surface area contributed by atoms with E-state index in [1.807, 2.05) is 12.4 Å². The molecule has 0 saturated carbocycles. The quantitative estimate of drug-likeness (QED) is 0.204. The Morgan fingerprint density at radius 1 is 1.02 bits per heavy atom. The van der Waals surface area contributed by atoms with Gasteiger partial charge >= 0.3 is 0 Å². The van der Waals surface area contributed by atoms with E-state index in [9.17, 15) is 0 Å². The maximum absolute atomic E-state index is 5.07. The number of allylic oxidation sites excluding steroid dienone is 1. The van der Waals surface area contributed by atoms with Crippen molar-refractivity contribution in [1.29, 1.82) is 0 Å². The zero-order valence-corrected chi connectivity index (χ0v) is 23.5. The molecule has 1 fully saturated rings. The highest BCUT2D eigenvalue weighted by Crippen LogP contribution is 2.38. The number of nitrogens with one attached hydrogen (secondary N) is 2. The van der Waals surface area contributed by atoms with Crippen LogP contribution in [0.15, 0.2) is 73.6 Å². The number of rotatable bonds is 8. The average molecular weight is 545 g/mol. The van der Waals surface area contributed by atoms with Crippen LogP contribution in [0.25, 0.3) is 60.6 Å². The summed E-state index contributed by atoms with van der Waals surface area (Å²) in [7, 11) is 0. The Labute approximate surface area is 237 Å². The number of pyridine rings is 2. The van der Waals surface area contributed by atoms with E-state index in [2.05, 4.69) is 93.2 Å². The van der Waals surface area contributed by atoms with Crippen molar-refractivity contribution in [3.8, 4) is 33.1 Å². The second-order valence-corrected chi connectivity index (χ2v) is 11.9. The van der Waals surface area contributed by atoms with Crippen LogP contribution < -0.4 is 0 Å². The predicted octanol–water partition coefficient (Wildman–Crippen LogP) is 7.96. The summed E-state index contributed by atoms with van der Waals surface area (Å²) in [6.07, 6.45) is 8.77. The van der Waals surface area contributed by atoms with Gasteiger partial charge in [-0.05, 0) is 106 Å². The van der Waals surface area contributed by atoms with Crippen molar-refractivity contribution in [2.45, 2.75) is 32.6 Å². The lowest BCUT2D eigenvalue weighted by Gasteiger charge is -2.14. The van der Waals surface area contributed by atoms with Crippen molar-refractivity contribution in [2.24, 2.45) is 0 Å². The third-order valence-electron chi connectivity index (χ3n) is 7.85. The van der Waals surface area contributed by atoms with Gasteiger partial charge in [-0.1, -0.05) is 18.7 Å². The lowest BCUT2D eigenvalue weighted by atomic mass is 10.1. The van der Waals surface area contributed by atoms with Crippen LogP contribution in [0.4, 0.5) is 0 Å². The molecule has 6 aromatic rings. The van der Waals surface area contributed by atoms with Crippen molar-refractivity contribution in [3.63, 3.8) is 0 Å². The van der Waals surface area contributed by atoms with Gasteiger partial charge in [0.25, 0.3) is 0 Å². The highest BCUT2D eigenvalue weighted by Gasteiger charge is 2.16. The highest BCUT2D eigenvalue weighted by molar-refractivity contribution is 7.16. The van der Waals surface area contributed by atoms with Crippen LogP contribution >= 0.6 is 11.3 Å². The Bertz CT molecular complexity index is 1830. The van der Waals surface area contributed by atoms with Gasteiger partial charge in [0.05, 0.1) is 16.9 Å². The van der Waals surface area contributed by atoms with E-state index in [1.54, 1.807) is 11.3 Å². The Morgan fingerprint density at radius 3 is 2.77 bits per heavy atom. The lowest BCUT2D eigenvalue weighted by Crippen LogP contribution is -2.20. The van der Waals surface area contributed by atoms with E-state index >= 15 is 0 Å². The molecule has 0 atom stereocenters. The molecule has 2 N–H and O–H groups in total. The number of thiophene rings is 1. The number of fused-ring (bicyclic) bond motifs is 2. The number of aromatic amines is 2. The lowest BCUT2D eigenvalue weighted by molar-refractivity contribution is 0.334. The molecule has 1 saturated heterocycles. The second-order valence-electron chi connectivity index (χ2n) is 10.8. The molecule has 1 aliphatic rings. The smallest absolute Gasteiger partial charge is 0.135 e. The fraction of sp³-hybridized carbons (Fsp3) is 0.242. The minimum atomic E-state index is 0.822. The molecule has 200 valence electrons. The van der Waals surface area contributed by atoms with Gasteiger partial charge in [0.1, 0.15) is 11.2 Å². The maximum Gasteiger partial charge on any atom is 0.135 e. The topological polar surface area (TPSA) is 73.5 Å². The summed E-state index contributed by atoms with van der Waals surface area (Å²) >= 11 is 1.77. The largest absolute Gasteiger partial charge is 0.353 e. The molecule has 7 rings (SSSR count). The number of hydrogen-bond donors (Lipinski definition) is 2. The second kappa shape index (κ2) is 10.5. The molecule has 0 amide bonds. The molecule has 5 aromatic heterocycles. The Morgan fingerprint density at radius 2 is 1.93 bits per heavy atom. The van der Waals surface area contributed by atoms with Gasteiger partial charge in [0.15, 0.2) is 0 Å². The zero-order chi connectivity index (χ0) is 27.1. The first-order valence-corrected chi connectivity index (χ1v) is 14.8. The number of H-pyrrole nitrogens is 2. The SMILES string of the molecule is C=C(C)c1ccc(-c2cccc3[nH]c(-c4n[nH]c5ccc(-c6cncc(CCCN7CCCC7)c6)nc45)cc23)s1. The van der Waals surface area contributed by atoms with Crippen molar-refractivity contribution in [3.05, 3.63) is 84.0 Å². The van der Waals surface area contributed by atoms with E-state index in [-0.39, 0.29) is 0 Å². The van der Waals surface area contributed by atoms with Crippen LogP contribution in [-0.2, 0) is 6.42 Å². The first-order chi connectivity index (χ1) is 19.6. The molecule has 0 bridgehead atoms. The number of hydrogen-bond acceptors (Lipinski definition) is 5. The fourth-order valence-corrected chi connectivity index (χ4v) is 6.71. The molecule has 0 aliphatic carbocycles. The summed E-state index contributed by atoms with van der Waals surface area (Å²) in [6, 6.07) is 19.3. The molecule has 40 heavy (non-hydrogen) atoms. The minimum Gasteiger partial charge on any atom is -0.353 e. The summed E-state index contributed by atoms with van der Waals surface area (Å²) < 4.78 is 0. The number of nitrogens with zero attached hydrogens (tertiary/aromatic N) is 4. The molecule has 6 nitrogen and oxygen atoms in total. The standard InChI is InChI=1S/C33H32N6S/c1-21(2)30-12-13-31(40-30)24-8-5-9-27-25(24)18-29(35-27)33-32-28(37-38-33)11-10-26(36-32)23-17-22(19-34-20-23)7-6-16-39-14-3-4-15-39/h5,8-13,17-20,35H,1,3-4,6-7,14-16H2,2H3,(H,37,38). The highest BCUT2D eigenvalue weighted by atomic mass is 32.1. The predicted molar refractivity (Wildman–Crippen MR) is 166 cm³/mol. The van der Waals surface area contributed by atoms with Gasteiger partial charge in [0, 0.05) is 44.2 Å². The monoisotopic (exact) mass is 544 g/mol. The van der Waals surface area contributed by atoms with Gasteiger partial charge in [-0.3, -0.25) is 10.1 Å². The van der Waals surface area contributed by atoms with Crippen LogP contribution in [0.2, 0.25) is 0 Å². The summed E-state index contributed by atoms with van der Waals surface area (Å²) in [5.74, 6) is 0. The zero-order valence-electron chi connectivity index (χ0n) is 22.7. The fourth-order valence-electron chi connectivity index (χ4n) is 5.73. The molecule has 1 aliphatic heterocycles. The van der Waals surface area contributed by atoms with Crippen LogP contribution in [0.5, 0.6) is 0 Å². The number of benzene rings is 1. The first kappa shape index (κ1) is 24.9. The van der Waals surface area contributed by atoms with Crippen LogP contribution in [-0.4, -0.2) is 49.7 Å². The van der Waals surface area contributed by atoms with Crippen LogP contribution in [0.3, 0.4) is 0 Å². The van der Waals surface area contributed by atoms with Gasteiger partial charge in [-0.25, -0.2) is 4.98 Å². The van der Waals surface area contributed by atoms with E-state index in [0.717, 1.165) is 57.6 Å². The summed E-state index contributed by atoms with van der Waals surface area (Å²) in [6.45, 7) is 9.82. The normalized spacial score (nSPS) is 14.0. The molecule has 0 unspecified atom stereocenters. The van der Waals surface area contributed by atoms with Crippen molar-refractivity contribution < 1.29 is 0 Å². The first-order valence-electron chi connectivity index (χ1n) is 14.0. The third kappa shape index (κ3) is 4.76. The number of aryl methyl sites for hydroxylation is 1. The Balaban J connectivity index is 1.20. The molecular weight excluding hydrogens is 512 g/mol. The van der Waals surface area contributed by atoms with Gasteiger partial charge in [0.2, 0.25) is 0 Å². The minimum absolute atomic E-state index is 0.822. The van der Waals surface area contributed by atoms with Gasteiger partial charge in [-0.15, -0.1) is 11.3 Å². The van der Waals surface area contributed by atoms with E-state index in [0.29, 0.717) is 0 Å². The number of aromatic nitrogens is 5. The molecule has 0 spiro atoms. The molecule has 7 heteroatoms.